The number of H-pyrrole nitrogens is 2. The summed E-state index contributed by atoms with van der Waals surface area (Å²) in [6.07, 6.45) is 8.05. The number of rotatable bonds is 0. The van der Waals surface area contributed by atoms with Crippen molar-refractivity contribution in [3.8, 4) is 0 Å². The van der Waals surface area contributed by atoms with Gasteiger partial charge in [-0.3, -0.25) is 0 Å². The van der Waals surface area contributed by atoms with Crippen LogP contribution in [0.4, 0.5) is 0 Å². The van der Waals surface area contributed by atoms with Crippen molar-refractivity contribution in [1.29, 1.82) is 0 Å². The molecule has 2 aliphatic heterocycles. The monoisotopic (exact) mass is 444 g/mol. The first-order valence-corrected chi connectivity index (χ1v) is 11.5. The first-order chi connectivity index (χ1) is 16.4. The van der Waals surface area contributed by atoms with Gasteiger partial charge in [-0.05, 0) is 123 Å². The van der Waals surface area contributed by atoms with Crippen molar-refractivity contribution >= 4 is 46.4 Å². The Kier molecular flexibility index (Phi) is 5.72. The molecular formula is C30H28N4. The average Bonchev–Trinajstić information content (AvgIpc) is 3.59. The van der Waals surface area contributed by atoms with Gasteiger partial charge in [0.05, 0.1) is 22.8 Å². The van der Waals surface area contributed by atoms with E-state index in [0.717, 1.165) is 44.8 Å². The molecule has 3 aromatic heterocycles. The SMILES string of the molecule is C1=Cc2cc3ccc(cc4ccc(cc5nc(cc1n2)C=C5)[nH]4)[nH]3.Cc1cc(C)c(C)cc1C. The normalized spacial score (nSPS) is 11.9. The first-order valence-electron chi connectivity index (χ1n) is 11.5. The number of aromatic amines is 2. The molecule has 5 heterocycles. The van der Waals surface area contributed by atoms with Crippen LogP contribution in [0.1, 0.15) is 45.0 Å². The largest absolute Gasteiger partial charge is 0.355 e. The molecule has 1 aromatic carbocycles. The molecule has 2 aliphatic rings. The van der Waals surface area contributed by atoms with E-state index in [0.29, 0.717) is 0 Å². The Morgan fingerprint density at radius 3 is 1.12 bits per heavy atom. The number of hydrogen-bond donors (Lipinski definition) is 2. The van der Waals surface area contributed by atoms with Crippen LogP contribution in [-0.4, -0.2) is 19.9 Å². The van der Waals surface area contributed by atoms with Crippen LogP contribution in [0.15, 0.2) is 60.7 Å². The molecule has 168 valence electrons. The Labute approximate surface area is 199 Å². The number of fused-ring (bicyclic) bond motifs is 8. The van der Waals surface area contributed by atoms with Crippen molar-refractivity contribution in [3.05, 3.63) is 106 Å². The lowest BCUT2D eigenvalue weighted by Crippen LogP contribution is -1.86. The Bertz CT molecular complexity index is 1460. The van der Waals surface area contributed by atoms with E-state index < -0.39 is 0 Å². The quantitative estimate of drug-likeness (QED) is 0.254. The third-order valence-corrected chi connectivity index (χ3v) is 6.15. The summed E-state index contributed by atoms with van der Waals surface area (Å²) >= 11 is 0. The summed E-state index contributed by atoms with van der Waals surface area (Å²) in [7, 11) is 0. The first kappa shape index (κ1) is 21.7. The molecule has 0 saturated heterocycles. The van der Waals surface area contributed by atoms with Gasteiger partial charge in [-0.15, -0.1) is 0 Å². The Balaban J connectivity index is 0.000000204. The maximum Gasteiger partial charge on any atom is 0.0659 e. The highest BCUT2D eigenvalue weighted by atomic mass is 14.8. The smallest absolute Gasteiger partial charge is 0.0659 e. The van der Waals surface area contributed by atoms with Gasteiger partial charge in [-0.25, -0.2) is 9.97 Å². The van der Waals surface area contributed by atoms with Crippen molar-refractivity contribution in [2.45, 2.75) is 27.7 Å². The van der Waals surface area contributed by atoms with E-state index >= 15 is 0 Å². The summed E-state index contributed by atoms with van der Waals surface area (Å²) in [4.78, 5) is 16.0. The molecule has 8 bridgehead atoms. The topological polar surface area (TPSA) is 57.4 Å². The summed E-state index contributed by atoms with van der Waals surface area (Å²) in [6.45, 7) is 8.62. The van der Waals surface area contributed by atoms with E-state index in [-0.39, 0.29) is 0 Å². The van der Waals surface area contributed by atoms with Crippen LogP contribution in [0.25, 0.3) is 46.4 Å². The second-order valence-corrected chi connectivity index (χ2v) is 8.93. The van der Waals surface area contributed by atoms with Crippen molar-refractivity contribution in [3.63, 3.8) is 0 Å². The van der Waals surface area contributed by atoms with Crippen LogP contribution in [0.5, 0.6) is 0 Å². The molecule has 4 heteroatoms. The van der Waals surface area contributed by atoms with Crippen molar-refractivity contribution in [2.24, 2.45) is 0 Å². The van der Waals surface area contributed by atoms with Crippen molar-refractivity contribution in [2.75, 3.05) is 0 Å². The predicted molar refractivity (Wildman–Crippen MR) is 144 cm³/mol. The van der Waals surface area contributed by atoms with Gasteiger partial charge in [0, 0.05) is 22.1 Å². The van der Waals surface area contributed by atoms with Gasteiger partial charge in [0.2, 0.25) is 0 Å². The number of benzene rings is 1. The summed E-state index contributed by atoms with van der Waals surface area (Å²) < 4.78 is 0. The fraction of sp³-hybridized carbons (Fsp3) is 0.133. The molecule has 6 rings (SSSR count). The number of nitrogens with zero attached hydrogens (tertiary/aromatic N) is 2. The molecule has 0 unspecified atom stereocenters. The van der Waals surface area contributed by atoms with Gasteiger partial charge in [0.25, 0.3) is 0 Å². The minimum Gasteiger partial charge on any atom is -0.355 e. The van der Waals surface area contributed by atoms with Gasteiger partial charge in [0.15, 0.2) is 0 Å². The Morgan fingerprint density at radius 1 is 0.412 bits per heavy atom. The Hall–Kier alpha value is -4.18. The van der Waals surface area contributed by atoms with Crippen LogP contribution in [0.3, 0.4) is 0 Å². The number of aryl methyl sites for hydroxylation is 4. The number of nitrogens with one attached hydrogen (secondary N) is 2. The average molecular weight is 445 g/mol. The highest BCUT2D eigenvalue weighted by molar-refractivity contribution is 5.77. The van der Waals surface area contributed by atoms with E-state index in [9.17, 15) is 0 Å². The number of hydrogen-bond acceptors (Lipinski definition) is 2. The second-order valence-electron chi connectivity index (χ2n) is 8.93. The molecule has 4 nitrogen and oxygen atoms in total. The molecule has 0 radical (unpaired) electrons. The van der Waals surface area contributed by atoms with E-state index in [1.807, 2.05) is 42.5 Å². The molecule has 4 aromatic rings. The zero-order chi connectivity index (χ0) is 23.7. The summed E-state index contributed by atoms with van der Waals surface area (Å²) in [5.41, 5.74) is 13.4. The minimum atomic E-state index is 0.915. The van der Waals surface area contributed by atoms with Crippen molar-refractivity contribution < 1.29 is 0 Å². The molecule has 0 saturated carbocycles. The third-order valence-electron chi connectivity index (χ3n) is 6.15. The van der Waals surface area contributed by atoms with Crippen LogP contribution in [-0.2, 0) is 0 Å². The molecular weight excluding hydrogens is 416 g/mol. The zero-order valence-corrected chi connectivity index (χ0v) is 20.0. The molecule has 0 amide bonds. The van der Waals surface area contributed by atoms with Crippen LogP contribution >= 0.6 is 0 Å². The van der Waals surface area contributed by atoms with Gasteiger partial charge in [-0.1, -0.05) is 12.1 Å². The standard InChI is InChI=1S/C20H14N4.C10H14/c1-2-14-10-16-5-6-18(23-16)12-20-8-7-19(24-20)11-17-4-3-15(22-17)9-13(1)21-14;1-7-5-9(3)10(4)6-8(7)2/h1-12,21-22H;5-6H,1-4H3. The van der Waals surface area contributed by atoms with Crippen LogP contribution < -0.4 is 0 Å². The lowest BCUT2D eigenvalue weighted by atomic mass is 10.0. The fourth-order valence-corrected chi connectivity index (χ4v) is 4.05. The lowest BCUT2D eigenvalue weighted by Gasteiger charge is -2.04. The highest BCUT2D eigenvalue weighted by Gasteiger charge is 2.02. The molecule has 0 atom stereocenters. The van der Waals surface area contributed by atoms with Gasteiger partial charge in [-0.2, -0.15) is 0 Å². The van der Waals surface area contributed by atoms with Gasteiger partial charge >= 0.3 is 0 Å². The number of aromatic nitrogens is 4. The summed E-state index contributed by atoms with van der Waals surface area (Å²) in [6, 6.07) is 20.9. The molecule has 2 N–H and O–H groups in total. The Morgan fingerprint density at radius 2 is 0.735 bits per heavy atom. The highest BCUT2D eigenvalue weighted by Crippen LogP contribution is 2.17. The van der Waals surface area contributed by atoms with E-state index in [4.69, 9.17) is 0 Å². The fourth-order valence-electron chi connectivity index (χ4n) is 4.05. The van der Waals surface area contributed by atoms with Crippen LogP contribution in [0, 0.1) is 27.7 Å². The second kappa shape index (κ2) is 8.99. The van der Waals surface area contributed by atoms with E-state index in [1.165, 1.54) is 22.3 Å². The minimum absolute atomic E-state index is 0.915. The summed E-state index contributed by atoms with van der Waals surface area (Å²) in [5, 5.41) is 0. The van der Waals surface area contributed by atoms with E-state index in [1.54, 1.807) is 0 Å². The van der Waals surface area contributed by atoms with Gasteiger partial charge in [0.1, 0.15) is 0 Å². The molecule has 0 fully saturated rings. The maximum atomic E-state index is 4.62. The molecule has 0 spiro atoms. The maximum absolute atomic E-state index is 4.62. The van der Waals surface area contributed by atoms with Crippen LogP contribution in [0.2, 0.25) is 0 Å². The lowest BCUT2D eigenvalue weighted by molar-refractivity contribution is 1.24. The molecule has 34 heavy (non-hydrogen) atoms. The van der Waals surface area contributed by atoms with Crippen molar-refractivity contribution in [1.82, 2.24) is 19.9 Å². The summed E-state index contributed by atoms with van der Waals surface area (Å²) in [5.74, 6) is 0. The predicted octanol–water partition coefficient (Wildman–Crippen LogP) is 7.58. The van der Waals surface area contributed by atoms with Gasteiger partial charge < -0.3 is 9.97 Å². The molecule has 0 aliphatic carbocycles. The third kappa shape index (κ3) is 4.91. The zero-order valence-electron chi connectivity index (χ0n) is 20.0. The van der Waals surface area contributed by atoms with E-state index in [2.05, 4.69) is 90.1 Å².